The Labute approximate surface area is 210 Å². The van der Waals surface area contributed by atoms with Gasteiger partial charge in [0.05, 0.1) is 11.6 Å². The molecular formula is C26H20N4O3S2. The average molecular weight is 501 g/mol. The third kappa shape index (κ3) is 4.60. The van der Waals surface area contributed by atoms with Crippen LogP contribution in [0.15, 0.2) is 89.0 Å². The second-order valence-electron chi connectivity index (χ2n) is 7.95. The maximum absolute atomic E-state index is 13.2. The van der Waals surface area contributed by atoms with E-state index in [1.807, 2.05) is 49.4 Å². The number of anilines is 1. The quantitative estimate of drug-likeness (QED) is 0.128. The molecule has 174 valence electrons. The van der Waals surface area contributed by atoms with Gasteiger partial charge in [0.1, 0.15) is 5.76 Å². The number of aliphatic hydroxyl groups is 1. The maximum atomic E-state index is 13.2. The number of hydrogen-bond donors (Lipinski definition) is 1. The van der Waals surface area contributed by atoms with Gasteiger partial charge in [0.25, 0.3) is 5.78 Å². The Morgan fingerprint density at radius 3 is 2.51 bits per heavy atom. The number of hydrogen-bond acceptors (Lipinski definition) is 8. The van der Waals surface area contributed by atoms with Crippen LogP contribution in [-0.4, -0.2) is 32.0 Å². The summed E-state index contributed by atoms with van der Waals surface area (Å²) in [5.41, 5.74) is 3.21. The summed E-state index contributed by atoms with van der Waals surface area (Å²) in [6.45, 7) is 1.93. The number of aliphatic hydroxyl groups excluding tert-OH is 1. The molecule has 0 bridgehead atoms. The zero-order valence-corrected chi connectivity index (χ0v) is 20.3. The second kappa shape index (κ2) is 9.81. The lowest BCUT2D eigenvalue weighted by Crippen LogP contribution is -2.29. The van der Waals surface area contributed by atoms with Crippen molar-refractivity contribution >= 4 is 45.7 Å². The molecule has 7 nitrogen and oxygen atoms in total. The molecule has 1 atom stereocenters. The first-order valence-electron chi connectivity index (χ1n) is 10.8. The SMILES string of the molecule is Cc1ccc(C(O)=C2C(=O)C(=O)N(c3nnc(SCc4ccccc4)s3)[C@@H]2c2cccnc2)cc1. The first-order chi connectivity index (χ1) is 17.0. The van der Waals surface area contributed by atoms with E-state index in [4.69, 9.17) is 0 Å². The highest BCUT2D eigenvalue weighted by Gasteiger charge is 2.48. The number of aryl methyl sites for hydroxylation is 1. The summed E-state index contributed by atoms with van der Waals surface area (Å²) in [4.78, 5) is 31.9. The molecule has 35 heavy (non-hydrogen) atoms. The summed E-state index contributed by atoms with van der Waals surface area (Å²) in [6, 6.07) is 19.7. The summed E-state index contributed by atoms with van der Waals surface area (Å²) in [6.07, 6.45) is 3.19. The minimum atomic E-state index is -0.870. The first kappa shape index (κ1) is 22.9. The molecule has 3 heterocycles. The highest BCUT2D eigenvalue weighted by molar-refractivity contribution is 8.00. The Bertz CT molecular complexity index is 1400. The van der Waals surface area contributed by atoms with Gasteiger partial charge < -0.3 is 5.11 Å². The number of Topliss-reactive ketones (excluding diaryl/α,β-unsaturated/α-hetero) is 1. The van der Waals surface area contributed by atoms with Gasteiger partial charge in [-0.2, -0.15) is 0 Å². The minimum absolute atomic E-state index is 0.000502. The monoisotopic (exact) mass is 500 g/mol. The highest BCUT2D eigenvalue weighted by Crippen LogP contribution is 2.43. The number of amides is 1. The first-order valence-corrected chi connectivity index (χ1v) is 12.6. The van der Waals surface area contributed by atoms with Crippen LogP contribution in [-0.2, 0) is 15.3 Å². The Balaban J connectivity index is 1.53. The van der Waals surface area contributed by atoms with Crippen molar-refractivity contribution in [3.8, 4) is 0 Å². The minimum Gasteiger partial charge on any atom is -0.507 e. The van der Waals surface area contributed by atoms with Crippen LogP contribution < -0.4 is 4.90 Å². The van der Waals surface area contributed by atoms with Crippen molar-refractivity contribution in [3.63, 3.8) is 0 Å². The fourth-order valence-corrected chi connectivity index (χ4v) is 5.65. The van der Waals surface area contributed by atoms with Gasteiger partial charge in [0.2, 0.25) is 5.13 Å². The van der Waals surface area contributed by atoms with Gasteiger partial charge in [-0.3, -0.25) is 19.5 Å². The number of aromatic nitrogens is 3. The van der Waals surface area contributed by atoms with E-state index in [9.17, 15) is 14.7 Å². The predicted molar refractivity (Wildman–Crippen MR) is 136 cm³/mol. The van der Waals surface area contributed by atoms with Crippen LogP contribution in [0.5, 0.6) is 0 Å². The fourth-order valence-electron chi connectivity index (χ4n) is 3.83. The zero-order valence-electron chi connectivity index (χ0n) is 18.7. The number of thioether (sulfide) groups is 1. The van der Waals surface area contributed by atoms with Gasteiger partial charge in [-0.1, -0.05) is 89.3 Å². The molecule has 1 amide bonds. The van der Waals surface area contributed by atoms with Crippen molar-refractivity contribution in [1.29, 1.82) is 0 Å². The molecule has 1 fully saturated rings. The molecule has 2 aromatic carbocycles. The van der Waals surface area contributed by atoms with E-state index in [0.29, 0.717) is 26.4 Å². The standard InChI is InChI=1S/C26H20N4O3S2/c1-16-9-11-18(12-10-16)22(31)20-21(19-8-5-13-27-14-19)30(24(33)23(20)32)25-28-29-26(35-25)34-15-17-6-3-2-4-7-17/h2-14,21,31H,15H2,1H3/t21-/m1/s1. The third-order valence-electron chi connectivity index (χ3n) is 5.58. The number of carbonyl (C=O) groups is 2. The summed E-state index contributed by atoms with van der Waals surface area (Å²) < 4.78 is 0.675. The molecule has 2 aromatic heterocycles. The number of carbonyl (C=O) groups excluding carboxylic acids is 2. The van der Waals surface area contributed by atoms with E-state index < -0.39 is 17.7 Å². The van der Waals surface area contributed by atoms with E-state index in [-0.39, 0.29) is 11.3 Å². The molecule has 1 aliphatic heterocycles. The van der Waals surface area contributed by atoms with Crippen LogP contribution in [0, 0.1) is 6.92 Å². The number of rotatable bonds is 6. The van der Waals surface area contributed by atoms with Crippen LogP contribution in [0.4, 0.5) is 5.13 Å². The molecule has 1 aliphatic rings. The summed E-state index contributed by atoms with van der Waals surface area (Å²) >= 11 is 2.74. The van der Waals surface area contributed by atoms with E-state index in [1.165, 1.54) is 28.0 Å². The fraction of sp³-hybridized carbons (Fsp3) is 0.115. The van der Waals surface area contributed by atoms with Crippen molar-refractivity contribution in [2.45, 2.75) is 23.1 Å². The number of nitrogens with zero attached hydrogens (tertiary/aromatic N) is 4. The Morgan fingerprint density at radius 1 is 1.03 bits per heavy atom. The number of pyridine rings is 1. The molecule has 1 saturated heterocycles. The topological polar surface area (TPSA) is 96.3 Å². The van der Waals surface area contributed by atoms with Gasteiger partial charge in [0, 0.05) is 23.7 Å². The van der Waals surface area contributed by atoms with E-state index >= 15 is 0 Å². The average Bonchev–Trinajstić information content (AvgIpc) is 3.46. The van der Waals surface area contributed by atoms with Gasteiger partial charge in [-0.15, -0.1) is 10.2 Å². The second-order valence-corrected chi connectivity index (χ2v) is 10.1. The Morgan fingerprint density at radius 2 is 1.80 bits per heavy atom. The zero-order chi connectivity index (χ0) is 24.4. The van der Waals surface area contributed by atoms with Crippen molar-refractivity contribution in [2.24, 2.45) is 0 Å². The summed E-state index contributed by atoms with van der Waals surface area (Å²) in [5, 5.41) is 19.9. The van der Waals surface area contributed by atoms with Crippen LogP contribution in [0.3, 0.4) is 0 Å². The van der Waals surface area contributed by atoms with E-state index in [2.05, 4.69) is 15.2 Å². The lowest BCUT2D eigenvalue weighted by atomic mass is 9.96. The molecule has 0 radical (unpaired) electrons. The van der Waals surface area contributed by atoms with Gasteiger partial charge in [-0.05, 0) is 24.1 Å². The Kier molecular flexibility index (Phi) is 6.43. The van der Waals surface area contributed by atoms with Crippen molar-refractivity contribution in [1.82, 2.24) is 15.2 Å². The van der Waals surface area contributed by atoms with Gasteiger partial charge in [-0.25, -0.2) is 0 Å². The molecule has 0 unspecified atom stereocenters. The van der Waals surface area contributed by atoms with Gasteiger partial charge >= 0.3 is 5.91 Å². The normalized spacial score (nSPS) is 17.2. The van der Waals surface area contributed by atoms with E-state index in [0.717, 1.165) is 11.1 Å². The molecule has 0 aliphatic carbocycles. The van der Waals surface area contributed by atoms with Crippen LogP contribution in [0.1, 0.15) is 28.3 Å². The number of ketones is 1. The third-order valence-corrected chi connectivity index (χ3v) is 7.70. The van der Waals surface area contributed by atoms with E-state index in [1.54, 1.807) is 36.7 Å². The number of benzene rings is 2. The molecule has 9 heteroatoms. The van der Waals surface area contributed by atoms with Crippen LogP contribution >= 0.6 is 23.1 Å². The molecule has 4 aromatic rings. The van der Waals surface area contributed by atoms with Crippen molar-refractivity contribution < 1.29 is 14.7 Å². The molecule has 0 saturated carbocycles. The summed E-state index contributed by atoms with van der Waals surface area (Å²) in [5.74, 6) is -1.06. The lowest BCUT2D eigenvalue weighted by molar-refractivity contribution is -0.132. The Hall–Kier alpha value is -3.82. The smallest absolute Gasteiger partial charge is 0.301 e. The molecule has 0 spiro atoms. The van der Waals surface area contributed by atoms with Gasteiger partial charge in [0.15, 0.2) is 4.34 Å². The molecular weight excluding hydrogens is 480 g/mol. The summed E-state index contributed by atoms with van der Waals surface area (Å²) in [7, 11) is 0. The lowest BCUT2D eigenvalue weighted by Gasteiger charge is -2.22. The van der Waals surface area contributed by atoms with Crippen LogP contribution in [0.25, 0.3) is 5.76 Å². The largest absolute Gasteiger partial charge is 0.507 e. The van der Waals surface area contributed by atoms with Crippen LogP contribution in [0.2, 0.25) is 0 Å². The molecule has 5 rings (SSSR count). The van der Waals surface area contributed by atoms with Crippen molar-refractivity contribution in [3.05, 3.63) is 107 Å². The van der Waals surface area contributed by atoms with Crippen molar-refractivity contribution in [2.75, 3.05) is 4.90 Å². The maximum Gasteiger partial charge on any atom is 0.301 e. The predicted octanol–water partition coefficient (Wildman–Crippen LogP) is 5.16. The molecule has 1 N–H and O–H groups in total. The highest BCUT2D eigenvalue weighted by atomic mass is 32.2.